The van der Waals surface area contributed by atoms with Crippen LogP contribution in [0.2, 0.25) is 0 Å². The van der Waals surface area contributed by atoms with Crippen molar-refractivity contribution < 1.29 is 0 Å². The van der Waals surface area contributed by atoms with Crippen LogP contribution in [0.5, 0.6) is 0 Å². The molecule has 0 saturated carbocycles. The van der Waals surface area contributed by atoms with E-state index in [1.54, 1.807) is 0 Å². The summed E-state index contributed by atoms with van der Waals surface area (Å²) in [6.45, 7) is 0. The van der Waals surface area contributed by atoms with Crippen molar-refractivity contribution in [2.45, 2.75) is 0 Å². The Hall–Kier alpha value is -3.05. The fourth-order valence-corrected chi connectivity index (χ4v) is 8.68. The van der Waals surface area contributed by atoms with Gasteiger partial charge in [0.1, 0.15) is 0 Å². The van der Waals surface area contributed by atoms with Gasteiger partial charge in [0.25, 0.3) is 16.6 Å². The van der Waals surface area contributed by atoms with Crippen LogP contribution in [0.15, 0.2) is 146 Å². The molecule has 3 aliphatic heterocycles. The minimum absolute atomic E-state index is 0.370. The number of halogens is 3. The topological polar surface area (TPSA) is 0 Å². The maximum atomic E-state index is 3.74. The van der Waals surface area contributed by atoms with Gasteiger partial charge in [-0.05, 0) is 33.4 Å². The van der Waals surface area contributed by atoms with E-state index in [-0.39, 0.29) is 0 Å². The Morgan fingerprint density at radius 2 is 0.381 bits per heavy atom. The number of hydrogen-bond acceptors (Lipinski definition) is 0. The molecule has 0 saturated heterocycles. The number of hydrogen-bond donors (Lipinski definition) is 0. The first-order valence-electron chi connectivity index (χ1n) is 14.1. The van der Waals surface area contributed by atoms with Gasteiger partial charge in [-0.25, -0.2) is 0 Å². The largest absolute Gasteiger partial charge is 0.288 e. The fourth-order valence-electron chi connectivity index (χ4n) is 6.28. The summed E-state index contributed by atoms with van der Waals surface area (Å²) in [7, 11) is 0. The normalized spacial score (nSPS) is 12.5. The Morgan fingerprint density at radius 3 is 0.548 bits per heavy atom. The van der Waals surface area contributed by atoms with Crippen molar-refractivity contribution in [3.8, 4) is 33.4 Å². The van der Waals surface area contributed by atoms with E-state index >= 15 is 0 Å². The van der Waals surface area contributed by atoms with E-state index in [2.05, 4.69) is 193 Å². The summed E-state index contributed by atoms with van der Waals surface area (Å²) < 4.78 is 0. The van der Waals surface area contributed by atoms with Crippen molar-refractivity contribution in [1.29, 1.82) is 0 Å². The smallest absolute Gasteiger partial charge is 0.143 e. The molecule has 0 aliphatic carbocycles. The molecular weight excluding hydrogens is 705 g/mol. The predicted molar refractivity (Wildman–Crippen MR) is 197 cm³/mol. The Morgan fingerprint density at radius 1 is 0.238 bits per heavy atom. The summed E-state index contributed by atoms with van der Waals surface area (Å²) >= 11 is 11.2. The lowest BCUT2D eigenvalue weighted by molar-refractivity contribution is 1.71. The molecule has 9 rings (SSSR count). The Labute approximate surface area is 273 Å². The lowest BCUT2D eigenvalue weighted by atomic mass is 9.67. The molecule has 3 heterocycles. The lowest BCUT2D eigenvalue weighted by Gasteiger charge is -1.98. The molecule has 0 atom stereocenters. The van der Waals surface area contributed by atoms with E-state index in [4.69, 9.17) is 0 Å². The maximum Gasteiger partial charge on any atom is 0.288 e. The third-order valence-electron chi connectivity index (χ3n) is 8.27. The molecule has 0 N–H and O–H groups in total. The van der Waals surface area contributed by atoms with Gasteiger partial charge in [-0.3, -0.25) is 0 Å². The molecule has 6 aromatic rings. The molecule has 0 bridgehead atoms. The fraction of sp³-hybridized carbons (Fsp3) is 0. The van der Waals surface area contributed by atoms with Gasteiger partial charge >= 0.3 is 0 Å². The van der Waals surface area contributed by atoms with E-state index in [1.165, 1.54) is 66.2 Å². The molecule has 0 nitrogen and oxygen atoms in total. The summed E-state index contributed by atoms with van der Waals surface area (Å²) in [4.78, 5) is 0. The second-order valence-electron chi connectivity index (χ2n) is 10.6. The maximum absolute atomic E-state index is 3.74. The quantitative estimate of drug-likeness (QED) is 0.157. The van der Waals surface area contributed by atoms with E-state index < -0.39 is 0 Å². The van der Waals surface area contributed by atoms with E-state index in [9.17, 15) is 0 Å². The van der Waals surface area contributed by atoms with Crippen LogP contribution in [-0.4, -0.2) is 16.6 Å². The third kappa shape index (κ3) is 4.88. The van der Waals surface area contributed by atoms with Gasteiger partial charge in [0, 0.05) is 0 Å². The molecule has 6 heteroatoms. The van der Waals surface area contributed by atoms with Crippen LogP contribution in [0.1, 0.15) is 0 Å². The van der Waals surface area contributed by atoms with Crippen molar-refractivity contribution in [2.24, 2.45) is 0 Å². The second-order valence-corrected chi connectivity index (χ2v) is 13.4. The van der Waals surface area contributed by atoms with Crippen molar-refractivity contribution >= 4 is 96.7 Å². The van der Waals surface area contributed by atoms with Crippen LogP contribution >= 0.6 is 47.3 Å². The molecule has 0 unspecified atom stereocenters. The first kappa shape index (κ1) is 27.8. The zero-order chi connectivity index (χ0) is 28.6. The summed E-state index contributed by atoms with van der Waals surface area (Å²) in [6, 6.07) is 51.4. The zero-order valence-electron chi connectivity index (χ0n) is 22.7. The average molecular weight is 729 g/mol. The summed E-state index contributed by atoms with van der Waals surface area (Å²) in [5, 5.41) is 0. The Bertz CT molecular complexity index is 1560. The molecule has 3 aliphatic rings. The SMILES string of the molecule is BrB1c2ccccc2-c2ccccc21.BrB1c2ccccc2-c2ccccc21.BrB1c2ccccc2-c2ccccc21. The Kier molecular flexibility index (Phi) is 7.88. The van der Waals surface area contributed by atoms with Crippen LogP contribution in [0, 0.1) is 0 Å². The minimum Gasteiger partial charge on any atom is -0.143 e. The number of fused-ring (bicyclic) bond motifs is 9. The van der Waals surface area contributed by atoms with Crippen LogP contribution in [0.4, 0.5) is 0 Å². The van der Waals surface area contributed by atoms with Gasteiger partial charge in [-0.15, -0.1) is 47.3 Å². The predicted octanol–water partition coefficient (Wildman–Crippen LogP) is 6.50. The van der Waals surface area contributed by atoms with Crippen molar-refractivity contribution in [3.05, 3.63) is 146 Å². The van der Waals surface area contributed by atoms with E-state index in [0.29, 0.717) is 16.6 Å². The molecule has 0 amide bonds. The summed E-state index contributed by atoms with van der Waals surface area (Å²) in [5.74, 6) is 0. The first-order chi connectivity index (χ1) is 20.6. The van der Waals surface area contributed by atoms with Gasteiger partial charge < -0.3 is 0 Å². The Balaban J connectivity index is 0.000000103. The van der Waals surface area contributed by atoms with Gasteiger partial charge in [0.05, 0.1) is 0 Å². The molecule has 0 aromatic heterocycles. The van der Waals surface area contributed by atoms with Crippen LogP contribution in [0.25, 0.3) is 33.4 Å². The zero-order valence-corrected chi connectivity index (χ0v) is 27.5. The average Bonchev–Trinajstić information content (AvgIpc) is 3.64. The van der Waals surface area contributed by atoms with Gasteiger partial charge in [0.2, 0.25) is 0 Å². The van der Waals surface area contributed by atoms with Crippen LogP contribution in [-0.2, 0) is 0 Å². The highest BCUT2D eigenvalue weighted by Gasteiger charge is 2.30. The molecule has 0 radical (unpaired) electrons. The van der Waals surface area contributed by atoms with Crippen LogP contribution in [0.3, 0.4) is 0 Å². The van der Waals surface area contributed by atoms with Gasteiger partial charge in [-0.1, -0.05) is 178 Å². The highest BCUT2D eigenvalue weighted by molar-refractivity contribution is 9.25. The third-order valence-corrected chi connectivity index (χ3v) is 11.2. The van der Waals surface area contributed by atoms with E-state index in [1.807, 2.05) is 0 Å². The van der Waals surface area contributed by atoms with Crippen molar-refractivity contribution in [3.63, 3.8) is 0 Å². The standard InChI is InChI=1S/3C12H8BBr/c3*14-13-11-7-3-1-5-9(11)10-6-2-4-8-12(10)13/h3*1-8H. The minimum atomic E-state index is 0.370. The lowest BCUT2D eigenvalue weighted by Crippen LogP contribution is -2.31. The summed E-state index contributed by atoms with van der Waals surface area (Å²) in [5.41, 5.74) is 17.6. The van der Waals surface area contributed by atoms with E-state index in [0.717, 1.165) is 0 Å². The molecule has 198 valence electrons. The van der Waals surface area contributed by atoms with Crippen molar-refractivity contribution in [2.75, 3.05) is 0 Å². The molecule has 0 fully saturated rings. The highest BCUT2D eigenvalue weighted by Crippen LogP contribution is 2.26. The molecular formula is C36H24B3Br3. The number of rotatable bonds is 0. The van der Waals surface area contributed by atoms with Crippen molar-refractivity contribution in [1.82, 2.24) is 0 Å². The monoisotopic (exact) mass is 726 g/mol. The highest BCUT2D eigenvalue weighted by atomic mass is 79.9. The van der Waals surface area contributed by atoms with Gasteiger partial charge in [0.15, 0.2) is 0 Å². The molecule has 42 heavy (non-hydrogen) atoms. The second kappa shape index (κ2) is 11.9. The molecule has 0 spiro atoms. The first-order valence-corrected chi connectivity index (χ1v) is 16.8. The number of benzene rings is 6. The molecule has 6 aromatic carbocycles. The summed E-state index contributed by atoms with van der Waals surface area (Å²) in [6.07, 6.45) is 0. The van der Waals surface area contributed by atoms with Crippen LogP contribution < -0.4 is 32.8 Å². The van der Waals surface area contributed by atoms with Gasteiger partial charge in [-0.2, -0.15) is 0 Å².